The molecule has 1 amide bonds. The number of aromatic carboxylic acids is 1. The Balaban J connectivity index is 1.72. The second-order valence-electron chi connectivity index (χ2n) is 11.4. The molecule has 0 radical (unpaired) electrons. The van der Waals surface area contributed by atoms with Gasteiger partial charge in [-0.1, -0.05) is 37.0 Å². The molecule has 204 valence electrons. The van der Waals surface area contributed by atoms with Crippen LogP contribution in [0.2, 0.25) is 0 Å². The molecule has 4 rings (SSSR count). The van der Waals surface area contributed by atoms with E-state index in [1.54, 1.807) is 41.3 Å². The highest BCUT2D eigenvalue weighted by Crippen LogP contribution is 2.38. The van der Waals surface area contributed by atoms with Crippen molar-refractivity contribution in [3.05, 3.63) is 46.2 Å². The van der Waals surface area contributed by atoms with Crippen molar-refractivity contribution in [3.8, 4) is 11.8 Å². The van der Waals surface area contributed by atoms with E-state index in [0.717, 1.165) is 37.0 Å². The minimum atomic E-state index is -3.73. The Morgan fingerprint density at radius 2 is 1.74 bits per heavy atom. The molecule has 38 heavy (non-hydrogen) atoms. The van der Waals surface area contributed by atoms with Crippen LogP contribution in [0.15, 0.2) is 41.3 Å². The van der Waals surface area contributed by atoms with Crippen LogP contribution < -0.4 is 4.90 Å². The lowest BCUT2D eigenvalue weighted by Gasteiger charge is -2.34. The fourth-order valence-corrected chi connectivity index (χ4v) is 7.46. The molecule has 0 spiro atoms. The Bertz CT molecular complexity index is 1340. The van der Waals surface area contributed by atoms with Crippen LogP contribution in [-0.2, 0) is 14.8 Å². The molecular formula is C29H36N2O5S2. The second-order valence-corrected chi connectivity index (χ2v) is 14.4. The van der Waals surface area contributed by atoms with Crippen molar-refractivity contribution in [1.82, 2.24) is 4.31 Å². The summed E-state index contributed by atoms with van der Waals surface area (Å²) in [7, 11) is -3.73. The van der Waals surface area contributed by atoms with Gasteiger partial charge in [-0.05, 0) is 77.0 Å². The topological polar surface area (TPSA) is 95.0 Å². The highest BCUT2D eigenvalue weighted by Gasteiger charge is 2.41. The Morgan fingerprint density at radius 3 is 2.34 bits per heavy atom. The van der Waals surface area contributed by atoms with Gasteiger partial charge in [0.25, 0.3) is 0 Å². The average Bonchev–Trinajstić information content (AvgIpc) is 3.52. The third-order valence-electron chi connectivity index (χ3n) is 7.20. The standard InChI is InChI=1S/C29H36N2O5S2/c1-20-10-12-21(13-11-20)27(32)31(25-18-23(14-16-29(2,3)4)37-26(25)28(33)34)22-15-17-30(19-22)38(35,36)24-8-6-5-7-9-24/h5-9,18,20-22H,10-13,15,17,19H2,1-4H3,(H,33,34)/t20?,21?,22-/m0/s1. The van der Waals surface area contributed by atoms with Gasteiger partial charge in [0.2, 0.25) is 15.9 Å². The Kier molecular flexibility index (Phi) is 8.36. The van der Waals surface area contributed by atoms with Gasteiger partial charge < -0.3 is 10.0 Å². The van der Waals surface area contributed by atoms with Crippen molar-refractivity contribution in [2.45, 2.75) is 70.7 Å². The van der Waals surface area contributed by atoms with E-state index in [-0.39, 0.29) is 40.1 Å². The minimum Gasteiger partial charge on any atom is -0.477 e. The molecule has 2 fully saturated rings. The molecule has 9 heteroatoms. The summed E-state index contributed by atoms with van der Waals surface area (Å²) in [6.45, 7) is 8.50. The number of rotatable bonds is 6. The zero-order valence-electron chi connectivity index (χ0n) is 22.4. The van der Waals surface area contributed by atoms with Gasteiger partial charge in [0.1, 0.15) is 4.88 Å². The van der Waals surface area contributed by atoms with Crippen LogP contribution in [-0.4, -0.2) is 48.8 Å². The summed E-state index contributed by atoms with van der Waals surface area (Å²) in [4.78, 5) is 28.8. The lowest BCUT2D eigenvalue weighted by Crippen LogP contribution is -2.46. The number of carbonyl (C=O) groups excluding carboxylic acids is 1. The molecule has 1 saturated heterocycles. The SMILES string of the molecule is CC1CCC(C(=O)N(c2cc(C#CC(C)(C)C)sc2C(=O)O)[C@H]2CCN(S(=O)(=O)c3ccccc3)C2)CC1. The normalized spacial score (nSPS) is 22.5. The molecule has 2 aromatic rings. The number of hydrogen-bond donors (Lipinski definition) is 1. The summed E-state index contributed by atoms with van der Waals surface area (Å²) < 4.78 is 28.0. The van der Waals surface area contributed by atoms with E-state index in [0.29, 0.717) is 22.9 Å². The predicted octanol–water partition coefficient (Wildman–Crippen LogP) is 5.47. The molecule has 1 aromatic heterocycles. The van der Waals surface area contributed by atoms with E-state index < -0.39 is 22.0 Å². The van der Waals surface area contributed by atoms with Crippen molar-refractivity contribution in [3.63, 3.8) is 0 Å². The zero-order valence-corrected chi connectivity index (χ0v) is 24.1. The van der Waals surface area contributed by atoms with E-state index in [9.17, 15) is 23.1 Å². The van der Waals surface area contributed by atoms with Crippen LogP contribution in [0.3, 0.4) is 0 Å². The first-order valence-electron chi connectivity index (χ1n) is 13.2. The fourth-order valence-electron chi connectivity index (χ4n) is 5.10. The van der Waals surface area contributed by atoms with Crippen LogP contribution >= 0.6 is 11.3 Å². The van der Waals surface area contributed by atoms with Crippen molar-refractivity contribution in [2.24, 2.45) is 17.3 Å². The molecule has 1 N–H and O–H groups in total. The number of sulfonamides is 1. The van der Waals surface area contributed by atoms with Gasteiger partial charge in [-0.15, -0.1) is 11.3 Å². The van der Waals surface area contributed by atoms with Gasteiger partial charge in [0.05, 0.1) is 21.5 Å². The van der Waals surface area contributed by atoms with Gasteiger partial charge in [0.15, 0.2) is 0 Å². The maximum Gasteiger partial charge on any atom is 0.348 e. The maximum atomic E-state index is 14.1. The molecule has 1 aliphatic heterocycles. The third kappa shape index (κ3) is 6.31. The fraction of sp³-hybridized carbons (Fsp3) is 0.517. The smallest absolute Gasteiger partial charge is 0.348 e. The number of anilines is 1. The first-order valence-corrected chi connectivity index (χ1v) is 15.4. The predicted molar refractivity (Wildman–Crippen MR) is 150 cm³/mol. The summed E-state index contributed by atoms with van der Waals surface area (Å²) in [6, 6.07) is 9.51. The molecule has 2 heterocycles. The summed E-state index contributed by atoms with van der Waals surface area (Å²) in [5.74, 6) is 5.35. The average molecular weight is 557 g/mol. The van der Waals surface area contributed by atoms with Gasteiger partial charge in [0, 0.05) is 24.4 Å². The number of carboxylic acid groups (broad SMARTS) is 1. The third-order valence-corrected chi connectivity index (χ3v) is 10.1. The summed E-state index contributed by atoms with van der Waals surface area (Å²) >= 11 is 1.06. The van der Waals surface area contributed by atoms with E-state index in [1.807, 2.05) is 20.8 Å². The zero-order chi connectivity index (χ0) is 27.7. The van der Waals surface area contributed by atoms with Crippen molar-refractivity contribution < 1.29 is 23.1 Å². The quantitative estimate of drug-likeness (QED) is 0.477. The molecule has 7 nitrogen and oxygen atoms in total. The van der Waals surface area contributed by atoms with Crippen molar-refractivity contribution in [1.29, 1.82) is 0 Å². The van der Waals surface area contributed by atoms with Crippen LogP contribution in [0.5, 0.6) is 0 Å². The van der Waals surface area contributed by atoms with Gasteiger partial charge in [-0.25, -0.2) is 13.2 Å². The van der Waals surface area contributed by atoms with Crippen LogP contribution in [0.1, 0.15) is 74.3 Å². The highest BCUT2D eigenvalue weighted by atomic mass is 32.2. The number of carbonyl (C=O) groups is 2. The summed E-state index contributed by atoms with van der Waals surface area (Å²) in [5.41, 5.74) is 0.0628. The van der Waals surface area contributed by atoms with E-state index in [4.69, 9.17) is 0 Å². The van der Waals surface area contributed by atoms with Crippen LogP contribution in [0, 0.1) is 29.1 Å². The lowest BCUT2D eigenvalue weighted by atomic mass is 9.82. The molecule has 1 saturated carbocycles. The van der Waals surface area contributed by atoms with E-state index in [2.05, 4.69) is 18.8 Å². The number of carboxylic acids is 1. The minimum absolute atomic E-state index is 0.0603. The van der Waals surface area contributed by atoms with Crippen molar-refractivity contribution >= 4 is 38.9 Å². The lowest BCUT2D eigenvalue weighted by molar-refractivity contribution is -0.124. The Morgan fingerprint density at radius 1 is 1.08 bits per heavy atom. The second kappa shape index (κ2) is 11.2. The van der Waals surface area contributed by atoms with Crippen LogP contribution in [0.25, 0.3) is 0 Å². The number of amides is 1. The first-order chi connectivity index (χ1) is 17.9. The number of benzene rings is 1. The Hall–Kier alpha value is -2.67. The molecule has 1 aliphatic carbocycles. The van der Waals surface area contributed by atoms with Gasteiger partial charge in [-0.2, -0.15) is 4.31 Å². The van der Waals surface area contributed by atoms with E-state index >= 15 is 0 Å². The van der Waals surface area contributed by atoms with E-state index in [1.165, 1.54) is 4.31 Å². The molecule has 1 atom stereocenters. The summed E-state index contributed by atoms with van der Waals surface area (Å²) in [5, 5.41) is 10.1. The highest BCUT2D eigenvalue weighted by molar-refractivity contribution is 7.89. The molecule has 1 aromatic carbocycles. The molecular weight excluding hydrogens is 520 g/mol. The summed E-state index contributed by atoms with van der Waals surface area (Å²) in [6.07, 6.45) is 3.82. The van der Waals surface area contributed by atoms with Crippen LogP contribution in [0.4, 0.5) is 5.69 Å². The molecule has 0 bridgehead atoms. The molecule has 0 unspecified atom stereocenters. The monoisotopic (exact) mass is 556 g/mol. The number of nitrogens with zero attached hydrogens (tertiary/aromatic N) is 2. The Labute approximate surface area is 229 Å². The maximum absolute atomic E-state index is 14.1. The van der Waals surface area contributed by atoms with Gasteiger partial charge >= 0.3 is 5.97 Å². The largest absolute Gasteiger partial charge is 0.477 e. The molecule has 2 aliphatic rings. The number of hydrogen-bond acceptors (Lipinski definition) is 5. The number of thiophene rings is 1. The van der Waals surface area contributed by atoms with Crippen molar-refractivity contribution in [2.75, 3.05) is 18.0 Å². The van der Waals surface area contributed by atoms with Gasteiger partial charge in [-0.3, -0.25) is 4.79 Å². The first kappa shape index (κ1) is 28.3.